The lowest BCUT2D eigenvalue weighted by molar-refractivity contribution is -0.161. The molecule has 0 amide bonds. The highest BCUT2D eigenvalue weighted by atomic mass is 31.2. The molecule has 0 aliphatic heterocycles. The number of aliphatic hydroxyl groups excluding tert-OH is 1. The van der Waals surface area contributed by atoms with Crippen LogP contribution in [0.1, 0.15) is 265 Å². The van der Waals surface area contributed by atoms with Crippen molar-refractivity contribution in [2.75, 3.05) is 26.4 Å². The largest absolute Gasteiger partial charge is 0.472 e. The Morgan fingerprint density at radius 2 is 0.662 bits per heavy atom. The van der Waals surface area contributed by atoms with Crippen LogP contribution < -0.4 is 0 Å². The van der Waals surface area contributed by atoms with Gasteiger partial charge >= 0.3 is 25.7 Å². The fourth-order valence-corrected chi connectivity index (χ4v) is 9.12. The number of rotatable bonds is 58. The minimum atomic E-state index is -4.78. The number of carbonyl (C=O) groups is 3. The molecule has 458 valence electrons. The van der Waals surface area contributed by atoms with Crippen LogP contribution in [0.15, 0.2) is 109 Å². The van der Waals surface area contributed by atoms with Crippen molar-refractivity contribution < 1.29 is 52.2 Å². The smallest absolute Gasteiger partial charge is 0.462 e. The van der Waals surface area contributed by atoms with E-state index in [1.54, 1.807) is 0 Å². The average Bonchev–Trinajstić information content (AvgIpc) is 3.45. The second-order valence-corrected chi connectivity index (χ2v) is 22.3. The lowest BCUT2D eigenvalue weighted by Crippen LogP contribution is -2.30. The number of esters is 3. The van der Waals surface area contributed by atoms with Gasteiger partial charge in [0.2, 0.25) is 0 Å². The minimum absolute atomic E-state index is 0.136. The summed E-state index contributed by atoms with van der Waals surface area (Å²) in [6.45, 7) is 4.43. The normalized spacial score (nSPS) is 14.0. The fraction of sp³-hybridized carbons (Fsp3) is 0.691. The molecular weight excluding hydrogens is 1020 g/mol. The molecule has 2 N–H and O–H groups in total. The standard InChI is InChI=1S/C68H115O11P/c1-4-7-10-13-16-19-22-25-28-31-32-35-38-41-44-47-50-53-56-59-68(72)79-65(61-75-66(70)57-54-51-48-45-42-39-36-33-29-26-23-20-17-14-11-8-5-2)63-77-80(73,74)76-62-64(60-69)78-67(71)58-55-52-49-46-43-40-37-34-30-27-24-21-18-15-12-9-6-3/h8,11,16-17,19-20,25-30,32,35-36,39,45,48,64-65,69H,4-7,9-10,12-15,18,21-24,31,33-34,37-38,40-44,46-47,49-63H2,1-3H3,(H,73,74)/b11-8-,19-16-,20-17-,28-25-,29-26-,30-27-,35-32-,39-36-,48-45-. The van der Waals surface area contributed by atoms with E-state index < -0.39 is 57.8 Å². The van der Waals surface area contributed by atoms with Crippen LogP contribution in [0.4, 0.5) is 0 Å². The van der Waals surface area contributed by atoms with Gasteiger partial charge in [0.15, 0.2) is 6.10 Å². The maximum atomic E-state index is 13.0. The molecule has 3 atom stereocenters. The van der Waals surface area contributed by atoms with E-state index in [1.165, 1.54) is 89.9 Å². The van der Waals surface area contributed by atoms with E-state index >= 15 is 0 Å². The van der Waals surface area contributed by atoms with E-state index in [4.69, 9.17) is 23.3 Å². The molecule has 0 bridgehead atoms. The summed E-state index contributed by atoms with van der Waals surface area (Å²) < 4.78 is 39.6. The highest BCUT2D eigenvalue weighted by Crippen LogP contribution is 2.43. The second kappa shape index (κ2) is 61.2. The van der Waals surface area contributed by atoms with Gasteiger partial charge in [-0.3, -0.25) is 23.4 Å². The van der Waals surface area contributed by atoms with Gasteiger partial charge in [-0.1, -0.05) is 233 Å². The molecule has 0 saturated carbocycles. The Kier molecular flexibility index (Phi) is 58.3. The SMILES string of the molecule is CC/C=C\C/C=C\C/C=C\C/C=C\C/C=C\CCCC(=O)OCC(COP(=O)(O)OCC(CO)OC(=O)CCCCCCCCC/C=C\CCCCCCCC)OC(=O)CCCCCCCC/C=C\C/C=C\C/C=C\CCCCC. The number of carbonyl (C=O) groups excluding carboxylic acids is 3. The van der Waals surface area contributed by atoms with Crippen molar-refractivity contribution in [2.45, 2.75) is 277 Å². The highest BCUT2D eigenvalue weighted by Gasteiger charge is 2.28. The van der Waals surface area contributed by atoms with Gasteiger partial charge in [0.1, 0.15) is 12.7 Å². The molecule has 0 saturated heterocycles. The summed E-state index contributed by atoms with van der Waals surface area (Å²) in [6.07, 6.45) is 74.7. The Morgan fingerprint density at radius 3 is 1.07 bits per heavy atom. The molecule has 0 fully saturated rings. The third-order valence-corrected chi connectivity index (χ3v) is 14.1. The van der Waals surface area contributed by atoms with Gasteiger partial charge < -0.3 is 24.2 Å². The van der Waals surface area contributed by atoms with Crippen molar-refractivity contribution in [3.63, 3.8) is 0 Å². The van der Waals surface area contributed by atoms with Gasteiger partial charge in [-0.2, -0.15) is 0 Å². The van der Waals surface area contributed by atoms with Crippen LogP contribution in [-0.4, -0.2) is 66.5 Å². The van der Waals surface area contributed by atoms with Crippen molar-refractivity contribution in [3.8, 4) is 0 Å². The molecule has 0 aromatic heterocycles. The monoisotopic (exact) mass is 1140 g/mol. The first kappa shape index (κ1) is 76.1. The number of hydrogen-bond acceptors (Lipinski definition) is 10. The Balaban J connectivity index is 4.81. The molecular formula is C68H115O11P. The average molecular weight is 1140 g/mol. The maximum Gasteiger partial charge on any atom is 0.472 e. The first-order valence-electron chi connectivity index (χ1n) is 31.8. The number of hydrogen-bond donors (Lipinski definition) is 2. The number of phosphoric ester groups is 1. The van der Waals surface area contributed by atoms with Gasteiger partial charge in [0.25, 0.3) is 0 Å². The number of phosphoric acid groups is 1. The van der Waals surface area contributed by atoms with Crippen molar-refractivity contribution in [3.05, 3.63) is 109 Å². The summed E-state index contributed by atoms with van der Waals surface area (Å²) in [4.78, 5) is 48.7. The lowest BCUT2D eigenvalue weighted by Gasteiger charge is -2.21. The first-order valence-corrected chi connectivity index (χ1v) is 33.3. The zero-order chi connectivity index (χ0) is 58.3. The third kappa shape index (κ3) is 58.8. The van der Waals surface area contributed by atoms with Gasteiger partial charge in [0.05, 0.1) is 19.8 Å². The van der Waals surface area contributed by atoms with Crippen LogP contribution in [0.3, 0.4) is 0 Å². The molecule has 0 radical (unpaired) electrons. The van der Waals surface area contributed by atoms with Crippen LogP contribution in [0.5, 0.6) is 0 Å². The number of ether oxygens (including phenoxy) is 3. The zero-order valence-corrected chi connectivity index (χ0v) is 51.7. The van der Waals surface area contributed by atoms with E-state index in [9.17, 15) is 28.9 Å². The van der Waals surface area contributed by atoms with E-state index in [0.717, 1.165) is 109 Å². The quantitative estimate of drug-likeness (QED) is 0.0197. The van der Waals surface area contributed by atoms with Crippen molar-refractivity contribution in [1.29, 1.82) is 0 Å². The topological polar surface area (TPSA) is 155 Å². The minimum Gasteiger partial charge on any atom is -0.462 e. The Morgan fingerprint density at radius 1 is 0.362 bits per heavy atom. The summed E-state index contributed by atoms with van der Waals surface area (Å²) in [7, 11) is -4.78. The van der Waals surface area contributed by atoms with Crippen molar-refractivity contribution in [2.24, 2.45) is 0 Å². The second-order valence-electron chi connectivity index (χ2n) is 20.8. The van der Waals surface area contributed by atoms with E-state index in [0.29, 0.717) is 25.7 Å². The molecule has 0 rings (SSSR count). The number of allylic oxidation sites excluding steroid dienone is 18. The molecule has 0 spiro atoms. The Hall–Kier alpha value is -3.86. The van der Waals surface area contributed by atoms with Crippen LogP contribution in [0.25, 0.3) is 0 Å². The molecule has 0 aromatic carbocycles. The molecule has 80 heavy (non-hydrogen) atoms. The van der Waals surface area contributed by atoms with Gasteiger partial charge in [0, 0.05) is 19.3 Å². The highest BCUT2D eigenvalue weighted by molar-refractivity contribution is 7.47. The summed E-state index contributed by atoms with van der Waals surface area (Å²) in [5.74, 6) is -1.56. The van der Waals surface area contributed by atoms with E-state index in [2.05, 4.69) is 124 Å². The molecule has 3 unspecified atom stereocenters. The van der Waals surface area contributed by atoms with Gasteiger partial charge in [-0.05, 0) is 122 Å². The van der Waals surface area contributed by atoms with Crippen LogP contribution in [0.2, 0.25) is 0 Å². The Bertz CT molecular complexity index is 1760. The predicted molar refractivity (Wildman–Crippen MR) is 334 cm³/mol. The molecule has 0 aliphatic carbocycles. The molecule has 0 heterocycles. The van der Waals surface area contributed by atoms with Crippen molar-refractivity contribution >= 4 is 25.7 Å². The van der Waals surface area contributed by atoms with Crippen molar-refractivity contribution in [1.82, 2.24) is 0 Å². The Labute approximate surface area is 488 Å². The predicted octanol–water partition coefficient (Wildman–Crippen LogP) is 19.4. The first-order chi connectivity index (χ1) is 39.2. The lowest BCUT2D eigenvalue weighted by atomic mass is 10.1. The number of unbranched alkanes of at least 4 members (excludes halogenated alkanes) is 23. The van der Waals surface area contributed by atoms with Crippen LogP contribution in [-0.2, 0) is 42.2 Å². The molecule has 12 heteroatoms. The fourth-order valence-electron chi connectivity index (χ4n) is 8.33. The molecule has 0 aromatic rings. The number of aliphatic hydroxyl groups is 1. The summed E-state index contributed by atoms with van der Waals surface area (Å²) in [5, 5.41) is 9.85. The molecule has 11 nitrogen and oxygen atoms in total. The van der Waals surface area contributed by atoms with Gasteiger partial charge in [-0.15, -0.1) is 0 Å². The molecule has 0 aliphatic rings. The summed E-state index contributed by atoms with van der Waals surface area (Å²) in [5.41, 5.74) is 0. The van der Waals surface area contributed by atoms with Gasteiger partial charge in [-0.25, -0.2) is 4.57 Å². The van der Waals surface area contributed by atoms with E-state index in [1.807, 2.05) is 6.08 Å². The summed E-state index contributed by atoms with van der Waals surface area (Å²) >= 11 is 0. The summed E-state index contributed by atoms with van der Waals surface area (Å²) in [6, 6.07) is 0. The zero-order valence-electron chi connectivity index (χ0n) is 50.8. The maximum absolute atomic E-state index is 13.0. The van der Waals surface area contributed by atoms with Crippen LogP contribution in [0, 0.1) is 0 Å². The van der Waals surface area contributed by atoms with E-state index in [-0.39, 0.29) is 25.9 Å². The third-order valence-electron chi connectivity index (χ3n) is 13.1. The van der Waals surface area contributed by atoms with Crippen LogP contribution >= 0.6 is 7.82 Å².